The van der Waals surface area contributed by atoms with Crippen LogP contribution in [0.25, 0.3) is 11.0 Å². The van der Waals surface area contributed by atoms with Gasteiger partial charge < -0.3 is 14.6 Å². The number of hydrogen-bond donors (Lipinski definition) is 1. The van der Waals surface area contributed by atoms with Crippen LogP contribution in [0.4, 0.5) is 0 Å². The van der Waals surface area contributed by atoms with Crippen LogP contribution in [0.3, 0.4) is 0 Å². The van der Waals surface area contributed by atoms with E-state index >= 15 is 0 Å². The number of nitrogens with zero attached hydrogens (tertiary/aromatic N) is 2. The summed E-state index contributed by atoms with van der Waals surface area (Å²) in [5.74, 6) is 1.09. The van der Waals surface area contributed by atoms with Crippen molar-refractivity contribution in [2.45, 2.75) is 19.4 Å². The zero-order valence-electron chi connectivity index (χ0n) is 11.3. The molecule has 0 fully saturated rings. The number of imidazole rings is 1. The summed E-state index contributed by atoms with van der Waals surface area (Å²) in [5.41, 5.74) is 2.24. The summed E-state index contributed by atoms with van der Waals surface area (Å²) in [6.45, 7) is 3.48. The first-order valence-corrected chi connectivity index (χ1v) is 6.41. The van der Waals surface area contributed by atoms with Crippen LogP contribution >= 0.6 is 0 Å². The first-order chi connectivity index (χ1) is 8.76. The number of likely N-dealkylation sites (N-methyl/N-ethyl adjacent to an activating group) is 1. The van der Waals surface area contributed by atoms with Gasteiger partial charge in [-0.3, -0.25) is 0 Å². The van der Waals surface area contributed by atoms with E-state index < -0.39 is 0 Å². The van der Waals surface area contributed by atoms with Gasteiger partial charge in [-0.15, -0.1) is 0 Å². The second-order valence-corrected chi connectivity index (χ2v) is 4.42. The molecule has 4 heteroatoms. The molecular formula is C14H21N3O. The van der Waals surface area contributed by atoms with Crippen LogP contribution in [0, 0.1) is 0 Å². The molecule has 98 valence electrons. The molecule has 0 aliphatic heterocycles. The number of ether oxygens (including phenoxy) is 1. The normalized spacial score (nSPS) is 13.1. The molecule has 0 amide bonds. The molecule has 2 rings (SSSR count). The highest BCUT2D eigenvalue weighted by molar-refractivity contribution is 5.75. The summed E-state index contributed by atoms with van der Waals surface area (Å²) < 4.78 is 7.63. The summed E-state index contributed by atoms with van der Waals surface area (Å²) in [7, 11) is 4.03. The van der Waals surface area contributed by atoms with Crippen molar-refractivity contribution in [3.05, 3.63) is 30.1 Å². The predicted molar refractivity (Wildman–Crippen MR) is 73.8 cm³/mol. The molecule has 1 aromatic carbocycles. The third-order valence-corrected chi connectivity index (χ3v) is 3.24. The number of benzene rings is 1. The molecule has 1 aromatic heterocycles. The Morgan fingerprint density at radius 2 is 2.17 bits per heavy atom. The number of rotatable bonds is 6. The maximum absolute atomic E-state index is 5.47. The average Bonchev–Trinajstić information content (AvgIpc) is 2.72. The van der Waals surface area contributed by atoms with Gasteiger partial charge in [-0.25, -0.2) is 4.98 Å². The second-order valence-electron chi connectivity index (χ2n) is 4.42. The minimum absolute atomic E-state index is 0.306. The number of nitrogens with one attached hydrogen (secondary N) is 1. The molecule has 0 saturated heterocycles. The molecule has 0 bridgehead atoms. The maximum atomic E-state index is 5.47. The second kappa shape index (κ2) is 5.98. The van der Waals surface area contributed by atoms with E-state index in [9.17, 15) is 0 Å². The smallest absolute Gasteiger partial charge is 0.111 e. The number of aromatic nitrogens is 2. The molecule has 18 heavy (non-hydrogen) atoms. The Labute approximate surface area is 108 Å². The Kier molecular flexibility index (Phi) is 4.33. The lowest BCUT2D eigenvalue weighted by Gasteiger charge is -2.15. The minimum Gasteiger partial charge on any atom is -0.380 e. The standard InChI is InChI=1S/C14H21N3O/c1-4-18-10-11(15-2)9-14-16-12-7-5-6-8-13(12)17(14)3/h5-8,11,15H,4,9-10H2,1-3H3. The lowest BCUT2D eigenvalue weighted by molar-refractivity contribution is 0.124. The number of hydrogen-bond acceptors (Lipinski definition) is 3. The fourth-order valence-corrected chi connectivity index (χ4v) is 2.10. The quantitative estimate of drug-likeness (QED) is 0.845. The molecule has 1 unspecified atom stereocenters. The first-order valence-electron chi connectivity index (χ1n) is 6.41. The molecule has 0 radical (unpaired) electrons. The van der Waals surface area contributed by atoms with Gasteiger partial charge in [0.2, 0.25) is 0 Å². The van der Waals surface area contributed by atoms with Crippen molar-refractivity contribution < 1.29 is 4.74 Å². The van der Waals surface area contributed by atoms with Crippen LogP contribution in [0.5, 0.6) is 0 Å². The average molecular weight is 247 g/mol. The largest absolute Gasteiger partial charge is 0.380 e. The topological polar surface area (TPSA) is 39.1 Å². The zero-order valence-corrected chi connectivity index (χ0v) is 11.3. The molecule has 4 nitrogen and oxygen atoms in total. The molecule has 1 heterocycles. The number of para-hydroxylation sites is 2. The van der Waals surface area contributed by atoms with Crippen molar-refractivity contribution in [3.63, 3.8) is 0 Å². The van der Waals surface area contributed by atoms with Gasteiger partial charge >= 0.3 is 0 Å². The predicted octanol–water partition coefficient (Wildman–Crippen LogP) is 1.74. The highest BCUT2D eigenvalue weighted by Gasteiger charge is 2.13. The molecular weight excluding hydrogens is 226 g/mol. The van der Waals surface area contributed by atoms with Crippen LogP contribution in [-0.4, -0.2) is 35.9 Å². The van der Waals surface area contributed by atoms with Crippen LogP contribution in [0.1, 0.15) is 12.7 Å². The van der Waals surface area contributed by atoms with Crippen molar-refractivity contribution in [1.82, 2.24) is 14.9 Å². The molecule has 2 aromatic rings. The monoisotopic (exact) mass is 247 g/mol. The van der Waals surface area contributed by atoms with E-state index in [0.29, 0.717) is 6.04 Å². The summed E-state index contributed by atoms with van der Waals surface area (Å²) in [6, 6.07) is 8.53. The van der Waals surface area contributed by atoms with Crippen molar-refractivity contribution >= 4 is 11.0 Å². The Morgan fingerprint density at radius 3 is 2.83 bits per heavy atom. The van der Waals surface area contributed by atoms with Gasteiger partial charge in [-0.05, 0) is 26.1 Å². The molecule has 1 atom stereocenters. The molecule has 0 aliphatic carbocycles. The zero-order chi connectivity index (χ0) is 13.0. The van der Waals surface area contributed by atoms with E-state index in [1.54, 1.807) is 0 Å². The van der Waals surface area contributed by atoms with Gasteiger partial charge in [0.1, 0.15) is 5.82 Å². The maximum Gasteiger partial charge on any atom is 0.111 e. The lowest BCUT2D eigenvalue weighted by atomic mass is 10.2. The highest BCUT2D eigenvalue weighted by atomic mass is 16.5. The van der Waals surface area contributed by atoms with E-state index in [-0.39, 0.29) is 0 Å². The SMILES string of the molecule is CCOCC(Cc1nc2ccccc2n1C)NC. The Balaban J connectivity index is 2.17. The van der Waals surface area contributed by atoms with Crippen molar-refractivity contribution in [1.29, 1.82) is 0 Å². The fourth-order valence-electron chi connectivity index (χ4n) is 2.10. The highest BCUT2D eigenvalue weighted by Crippen LogP contribution is 2.15. The summed E-state index contributed by atoms with van der Waals surface area (Å²) in [6.07, 6.45) is 0.877. The van der Waals surface area contributed by atoms with Crippen molar-refractivity contribution in [3.8, 4) is 0 Å². The Bertz CT molecular complexity index is 507. The number of aryl methyl sites for hydroxylation is 1. The van der Waals surface area contributed by atoms with E-state index in [0.717, 1.165) is 31.0 Å². The summed E-state index contributed by atoms with van der Waals surface area (Å²) in [4.78, 5) is 4.68. The van der Waals surface area contributed by atoms with Crippen molar-refractivity contribution in [2.75, 3.05) is 20.3 Å². The molecule has 0 saturated carbocycles. The van der Waals surface area contributed by atoms with Gasteiger partial charge in [-0.1, -0.05) is 12.1 Å². The van der Waals surface area contributed by atoms with E-state index in [4.69, 9.17) is 4.74 Å². The van der Waals surface area contributed by atoms with Gasteiger partial charge in [-0.2, -0.15) is 0 Å². The van der Waals surface area contributed by atoms with Crippen LogP contribution in [-0.2, 0) is 18.2 Å². The Hall–Kier alpha value is -1.39. The van der Waals surface area contributed by atoms with Crippen LogP contribution < -0.4 is 5.32 Å². The van der Waals surface area contributed by atoms with Crippen molar-refractivity contribution in [2.24, 2.45) is 7.05 Å². The third kappa shape index (κ3) is 2.71. The van der Waals surface area contributed by atoms with Crippen LogP contribution in [0.2, 0.25) is 0 Å². The lowest BCUT2D eigenvalue weighted by Crippen LogP contribution is -2.33. The molecule has 0 spiro atoms. The fraction of sp³-hybridized carbons (Fsp3) is 0.500. The summed E-state index contributed by atoms with van der Waals surface area (Å²) >= 11 is 0. The van der Waals surface area contributed by atoms with Gasteiger partial charge in [0.25, 0.3) is 0 Å². The molecule has 0 aliphatic rings. The van der Waals surface area contributed by atoms with Gasteiger partial charge in [0.05, 0.1) is 17.6 Å². The van der Waals surface area contributed by atoms with E-state index in [2.05, 4.69) is 34.0 Å². The number of fused-ring (bicyclic) bond motifs is 1. The Morgan fingerprint density at radius 1 is 1.39 bits per heavy atom. The van der Waals surface area contributed by atoms with Crippen LogP contribution in [0.15, 0.2) is 24.3 Å². The van der Waals surface area contributed by atoms with Gasteiger partial charge in [0, 0.05) is 26.1 Å². The van der Waals surface area contributed by atoms with E-state index in [1.165, 1.54) is 5.52 Å². The minimum atomic E-state index is 0.306. The van der Waals surface area contributed by atoms with Gasteiger partial charge in [0.15, 0.2) is 0 Å². The first kappa shape index (κ1) is 13.1. The third-order valence-electron chi connectivity index (χ3n) is 3.24. The molecule has 1 N–H and O–H groups in total. The summed E-state index contributed by atoms with van der Waals surface area (Å²) in [5, 5.41) is 3.28. The van der Waals surface area contributed by atoms with E-state index in [1.807, 2.05) is 26.1 Å².